The number of ether oxygens (including phenoxy) is 1. The van der Waals surface area contributed by atoms with Crippen LogP contribution in [0.25, 0.3) is 11.3 Å². The number of carbonyl (C=O) groups is 1. The standard InChI is InChI=1S/C24H33N3O3/c1-18(2)15-22(28)27(16-20-11-8-14-29-20)17-21-23(19-9-4-3-5-10-19)25-30-24(21)26-12-6-7-13-26/h3-5,9-10,18,20H,6-8,11-17H2,1-2H3/t20-/m0/s1. The van der Waals surface area contributed by atoms with Crippen LogP contribution in [0.4, 0.5) is 5.88 Å². The van der Waals surface area contributed by atoms with Crippen molar-refractivity contribution < 1.29 is 14.1 Å². The van der Waals surface area contributed by atoms with Gasteiger partial charge in [-0.1, -0.05) is 49.3 Å². The number of hydrogen-bond acceptors (Lipinski definition) is 5. The molecule has 30 heavy (non-hydrogen) atoms. The van der Waals surface area contributed by atoms with E-state index < -0.39 is 0 Å². The van der Waals surface area contributed by atoms with Crippen LogP contribution in [0.1, 0.15) is 51.5 Å². The van der Waals surface area contributed by atoms with Crippen LogP contribution in [0.5, 0.6) is 0 Å². The smallest absolute Gasteiger partial charge is 0.232 e. The summed E-state index contributed by atoms with van der Waals surface area (Å²) in [5.41, 5.74) is 2.88. The van der Waals surface area contributed by atoms with Crippen molar-refractivity contribution in [2.45, 2.75) is 58.6 Å². The first kappa shape index (κ1) is 20.9. The predicted octanol–water partition coefficient (Wildman–Crippen LogP) is 4.50. The molecule has 162 valence electrons. The van der Waals surface area contributed by atoms with Crippen LogP contribution < -0.4 is 4.90 Å². The molecule has 0 radical (unpaired) electrons. The van der Waals surface area contributed by atoms with Gasteiger partial charge in [-0.3, -0.25) is 4.79 Å². The highest BCUT2D eigenvalue weighted by Gasteiger charge is 2.29. The summed E-state index contributed by atoms with van der Waals surface area (Å²) in [6, 6.07) is 10.1. The molecule has 2 aromatic rings. The van der Waals surface area contributed by atoms with Gasteiger partial charge in [-0.2, -0.15) is 0 Å². The van der Waals surface area contributed by atoms with Crippen LogP contribution in [0.2, 0.25) is 0 Å². The van der Waals surface area contributed by atoms with Crippen molar-refractivity contribution in [1.29, 1.82) is 0 Å². The summed E-state index contributed by atoms with van der Waals surface area (Å²) in [6.07, 6.45) is 5.06. The lowest BCUT2D eigenvalue weighted by molar-refractivity contribution is -0.134. The van der Waals surface area contributed by atoms with Crippen molar-refractivity contribution >= 4 is 11.8 Å². The monoisotopic (exact) mass is 411 g/mol. The number of carbonyl (C=O) groups excluding carboxylic acids is 1. The molecule has 0 aliphatic carbocycles. The van der Waals surface area contributed by atoms with Crippen molar-refractivity contribution in [1.82, 2.24) is 10.1 Å². The second-order valence-corrected chi connectivity index (χ2v) is 8.88. The third kappa shape index (κ3) is 4.86. The highest BCUT2D eigenvalue weighted by molar-refractivity contribution is 5.77. The quantitative estimate of drug-likeness (QED) is 0.640. The molecule has 0 bridgehead atoms. The van der Waals surface area contributed by atoms with Crippen LogP contribution in [-0.2, 0) is 16.1 Å². The molecule has 6 nitrogen and oxygen atoms in total. The average Bonchev–Trinajstić information content (AvgIpc) is 3.49. The van der Waals surface area contributed by atoms with E-state index >= 15 is 0 Å². The molecular weight excluding hydrogens is 378 g/mol. The molecule has 4 rings (SSSR count). The van der Waals surface area contributed by atoms with Gasteiger partial charge in [0, 0.05) is 38.2 Å². The zero-order valence-corrected chi connectivity index (χ0v) is 18.2. The molecule has 0 saturated carbocycles. The van der Waals surface area contributed by atoms with Gasteiger partial charge in [-0.25, -0.2) is 0 Å². The number of nitrogens with zero attached hydrogens (tertiary/aromatic N) is 3. The number of rotatable bonds is 8. The molecule has 2 aliphatic heterocycles. The first-order chi connectivity index (χ1) is 14.6. The van der Waals surface area contributed by atoms with Gasteiger partial charge in [-0.15, -0.1) is 0 Å². The molecule has 1 aromatic heterocycles. The number of benzene rings is 1. The Labute approximate surface area is 179 Å². The second kappa shape index (κ2) is 9.65. The lowest BCUT2D eigenvalue weighted by Crippen LogP contribution is -2.37. The number of anilines is 1. The van der Waals surface area contributed by atoms with Gasteiger partial charge in [0.15, 0.2) is 0 Å². The van der Waals surface area contributed by atoms with Crippen molar-refractivity contribution in [2.24, 2.45) is 5.92 Å². The Morgan fingerprint density at radius 2 is 1.97 bits per heavy atom. The zero-order valence-electron chi connectivity index (χ0n) is 18.2. The molecular formula is C24H33N3O3. The van der Waals surface area contributed by atoms with Gasteiger partial charge in [0.05, 0.1) is 18.2 Å². The number of hydrogen-bond donors (Lipinski definition) is 0. The molecule has 1 aromatic carbocycles. The molecule has 3 heterocycles. The van der Waals surface area contributed by atoms with Crippen LogP contribution in [0.3, 0.4) is 0 Å². The van der Waals surface area contributed by atoms with E-state index in [2.05, 4.69) is 36.0 Å². The summed E-state index contributed by atoms with van der Waals surface area (Å²) >= 11 is 0. The van der Waals surface area contributed by atoms with Crippen molar-refractivity contribution in [3.8, 4) is 11.3 Å². The third-order valence-corrected chi connectivity index (χ3v) is 5.94. The molecule has 1 amide bonds. The fraction of sp³-hybridized carbons (Fsp3) is 0.583. The lowest BCUT2D eigenvalue weighted by Gasteiger charge is -2.27. The second-order valence-electron chi connectivity index (χ2n) is 8.88. The highest BCUT2D eigenvalue weighted by Crippen LogP contribution is 2.34. The third-order valence-electron chi connectivity index (χ3n) is 5.94. The maximum absolute atomic E-state index is 13.2. The Bertz CT molecular complexity index is 821. The largest absolute Gasteiger partial charge is 0.376 e. The topological polar surface area (TPSA) is 58.8 Å². The number of aromatic nitrogens is 1. The van der Waals surface area contributed by atoms with E-state index in [4.69, 9.17) is 9.26 Å². The zero-order chi connectivity index (χ0) is 20.9. The maximum Gasteiger partial charge on any atom is 0.232 e. The minimum atomic E-state index is 0.122. The minimum absolute atomic E-state index is 0.122. The summed E-state index contributed by atoms with van der Waals surface area (Å²) in [4.78, 5) is 17.4. The highest BCUT2D eigenvalue weighted by atomic mass is 16.5. The van der Waals surface area contributed by atoms with Crippen LogP contribution in [0, 0.1) is 5.92 Å². The van der Waals surface area contributed by atoms with Gasteiger partial charge < -0.3 is 19.1 Å². The minimum Gasteiger partial charge on any atom is -0.376 e. The summed E-state index contributed by atoms with van der Waals surface area (Å²) < 4.78 is 11.7. The Balaban J connectivity index is 1.65. The van der Waals surface area contributed by atoms with Gasteiger partial charge in [0.2, 0.25) is 11.8 Å². The molecule has 2 fully saturated rings. The van der Waals surface area contributed by atoms with E-state index in [9.17, 15) is 4.79 Å². The SMILES string of the molecule is CC(C)CC(=O)N(Cc1c(-c2ccccc2)noc1N1CCCC1)C[C@@H]1CCCO1. The molecule has 2 aliphatic rings. The molecule has 0 spiro atoms. The van der Waals surface area contributed by atoms with Gasteiger partial charge >= 0.3 is 0 Å². The lowest BCUT2D eigenvalue weighted by atomic mass is 10.1. The van der Waals surface area contributed by atoms with Crippen molar-refractivity contribution in [2.75, 3.05) is 31.1 Å². The normalized spacial score (nSPS) is 19.0. The molecule has 6 heteroatoms. The summed E-state index contributed by atoms with van der Waals surface area (Å²) in [7, 11) is 0. The molecule has 2 saturated heterocycles. The first-order valence-corrected chi connectivity index (χ1v) is 11.3. The Morgan fingerprint density at radius 1 is 1.20 bits per heavy atom. The average molecular weight is 412 g/mol. The molecule has 0 unspecified atom stereocenters. The first-order valence-electron chi connectivity index (χ1n) is 11.3. The Morgan fingerprint density at radius 3 is 2.63 bits per heavy atom. The summed E-state index contributed by atoms with van der Waals surface area (Å²) in [5, 5.41) is 4.45. The fourth-order valence-corrected chi connectivity index (χ4v) is 4.39. The number of amides is 1. The Kier molecular flexibility index (Phi) is 6.72. The van der Waals surface area contributed by atoms with Gasteiger partial charge in [-0.05, 0) is 31.6 Å². The van der Waals surface area contributed by atoms with E-state index in [0.717, 1.165) is 68.1 Å². The van der Waals surface area contributed by atoms with E-state index in [0.29, 0.717) is 25.4 Å². The van der Waals surface area contributed by atoms with Crippen LogP contribution in [0.15, 0.2) is 34.9 Å². The fourth-order valence-electron chi connectivity index (χ4n) is 4.39. The van der Waals surface area contributed by atoms with Gasteiger partial charge in [0.1, 0.15) is 5.69 Å². The maximum atomic E-state index is 13.2. The molecule has 0 N–H and O–H groups in total. The predicted molar refractivity (Wildman–Crippen MR) is 117 cm³/mol. The Hall–Kier alpha value is -2.34. The van der Waals surface area contributed by atoms with Crippen molar-refractivity contribution in [3.63, 3.8) is 0 Å². The van der Waals surface area contributed by atoms with E-state index in [1.54, 1.807) is 0 Å². The summed E-state index contributed by atoms with van der Waals surface area (Å²) in [6.45, 7) is 8.05. The van der Waals surface area contributed by atoms with Crippen LogP contribution >= 0.6 is 0 Å². The van der Waals surface area contributed by atoms with Crippen LogP contribution in [-0.4, -0.2) is 48.3 Å². The van der Waals surface area contributed by atoms with Crippen molar-refractivity contribution in [3.05, 3.63) is 35.9 Å². The van der Waals surface area contributed by atoms with E-state index in [1.165, 1.54) is 0 Å². The molecule has 1 atom stereocenters. The van der Waals surface area contributed by atoms with E-state index in [-0.39, 0.29) is 12.0 Å². The van der Waals surface area contributed by atoms with Gasteiger partial charge in [0.25, 0.3) is 0 Å². The van der Waals surface area contributed by atoms with E-state index in [1.807, 2.05) is 23.1 Å². The summed E-state index contributed by atoms with van der Waals surface area (Å²) in [5.74, 6) is 1.31.